The third kappa shape index (κ3) is 3.97. The number of anilines is 1. The maximum atomic E-state index is 11.6. The van der Waals surface area contributed by atoms with E-state index in [1.807, 2.05) is 29.6 Å². The summed E-state index contributed by atoms with van der Waals surface area (Å²) < 4.78 is 0. The Morgan fingerprint density at radius 1 is 1.36 bits per heavy atom. The number of amides is 2. The Kier molecular flexibility index (Phi) is 5.39. The SMILES string of the molecule is CC(C)(c1ccc(Cl)cc1)c1csc(NC(=O)NCCO)n1. The van der Waals surface area contributed by atoms with E-state index in [1.54, 1.807) is 0 Å². The summed E-state index contributed by atoms with van der Waals surface area (Å²) in [6.45, 7) is 4.25. The minimum atomic E-state index is -0.376. The molecule has 0 fully saturated rings. The second kappa shape index (κ2) is 7.09. The first-order chi connectivity index (χ1) is 10.4. The normalized spacial score (nSPS) is 11.3. The van der Waals surface area contributed by atoms with Crippen LogP contribution in [-0.4, -0.2) is 29.3 Å². The van der Waals surface area contributed by atoms with Gasteiger partial charge < -0.3 is 10.4 Å². The number of halogens is 1. The van der Waals surface area contributed by atoms with Gasteiger partial charge in [-0.1, -0.05) is 37.6 Å². The van der Waals surface area contributed by atoms with Crippen molar-refractivity contribution in [2.45, 2.75) is 19.3 Å². The molecule has 2 aromatic rings. The number of nitrogens with one attached hydrogen (secondary N) is 2. The molecule has 2 rings (SSSR count). The molecule has 3 N–H and O–H groups in total. The molecule has 0 aliphatic carbocycles. The Morgan fingerprint density at radius 3 is 2.68 bits per heavy atom. The number of aliphatic hydroxyl groups is 1. The summed E-state index contributed by atoms with van der Waals surface area (Å²) in [6, 6.07) is 7.28. The van der Waals surface area contributed by atoms with Gasteiger partial charge in [0.05, 0.1) is 12.3 Å². The Hall–Kier alpha value is -1.63. The van der Waals surface area contributed by atoms with Gasteiger partial charge in [-0.25, -0.2) is 9.78 Å². The van der Waals surface area contributed by atoms with Crippen LogP contribution >= 0.6 is 22.9 Å². The van der Waals surface area contributed by atoms with Crippen molar-refractivity contribution in [1.29, 1.82) is 0 Å². The summed E-state index contributed by atoms with van der Waals surface area (Å²) in [5.74, 6) is 0. The second-order valence-corrected chi connectivity index (χ2v) is 6.57. The molecule has 5 nitrogen and oxygen atoms in total. The number of nitrogens with zero attached hydrogens (tertiary/aromatic N) is 1. The van der Waals surface area contributed by atoms with Crippen LogP contribution in [0.5, 0.6) is 0 Å². The van der Waals surface area contributed by atoms with Crippen molar-refractivity contribution in [2.75, 3.05) is 18.5 Å². The fourth-order valence-electron chi connectivity index (χ4n) is 1.94. The largest absolute Gasteiger partial charge is 0.395 e. The first kappa shape index (κ1) is 16.7. The van der Waals surface area contributed by atoms with E-state index in [2.05, 4.69) is 29.5 Å². The Labute approximate surface area is 138 Å². The van der Waals surface area contributed by atoms with Crippen molar-refractivity contribution in [3.8, 4) is 0 Å². The van der Waals surface area contributed by atoms with Crippen LogP contribution < -0.4 is 10.6 Å². The number of carbonyl (C=O) groups excluding carboxylic acids is 1. The van der Waals surface area contributed by atoms with E-state index in [0.29, 0.717) is 10.2 Å². The summed E-state index contributed by atoms with van der Waals surface area (Å²) in [7, 11) is 0. The van der Waals surface area contributed by atoms with Crippen LogP contribution in [0, 0.1) is 0 Å². The van der Waals surface area contributed by atoms with Crippen molar-refractivity contribution >= 4 is 34.1 Å². The van der Waals surface area contributed by atoms with Crippen LogP contribution in [0.15, 0.2) is 29.6 Å². The Bertz CT molecular complexity index is 640. The van der Waals surface area contributed by atoms with Crippen LogP contribution in [0.1, 0.15) is 25.1 Å². The zero-order valence-electron chi connectivity index (χ0n) is 12.4. The van der Waals surface area contributed by atoms with Gasteiger partial charge in [0.25, 0.3) is 0 Å². The highest BCUT2D eigenvalue weighted by atomic mass is 35.5. The lowest BCUT2D eigenvalue weighted by atomic mass is 9.82. The van der Waals surface area contributed by atoms with Crippen LogP contribution in [-0.2, 0) is 5.41 Å². The molecule has 0 atom stereocenters. The molecule has 0 saturated heterocycles. The zero-order valence-corrected chi connectivity index (χ0v) is 14.0. The van der Waals surface area contributed by atoms with Gasteiger partial charge in [0, 0.05) is 22.4 Å². The van der Waals surface area contributed by atoms with E-state index in [9.17, 15) is 4.79 Å². The van der Waals surface area contributed by atoms with Crippen molar-refractivity contribution in [1.82, 2.24) is 10.3 Å². The molecule has 0 spiro atoms. The van der Waals surface area contributed by atoms with Crippen molar-refractivity contribution in [3.05, 3.63) is 45.9 Å². The number of rotatable bonds is 5. The number of thiazole rings is 1. The maximum absolute atomic E-state index is 11.6. The number of aliphatic hydroxyl groups excluding tert-OH is 1. The molecular weight excluding hydrogens is 322 g/mol. The van der Waals surface area contributed by atoms with E-state index in [1.165, 1.54) is 11.3 Å². The minimum Gasteiger partial charge on any atom is -0.395 e. The molecule has 0 aliphatic rings. The minimum absolute atomic E-state index is 0.0971. The fourth-order valence-corrected chi connectivity index (χ4v) is 2.94. The highest BCUT2D eigenvalue weighted by Gasteiger charge is 2.26. The average Bonchev–Trinajstić information content (AvgIpc) is 2.95. The number of aromatic nitrogens is 1. The van der Waals surface area contributed by atoms with Crippen molar-refractivity contribution in [3.63, 3.8) is 0 Å². The average molecular weight is 340 g/mol. The van der Waals surface area contributed by atoms with E-state index in [4.69, 9.17) is 16.7 Å². The lowest BCUT2D eigenvalue weighted by Crippen LogP contribution is -2.31. The molecule has 0 saturated carbocycles. The van der Waals surface area contributed by atoms with Gasteiger partial charge in [-0.3, -0.25) is 5.32 Å². The molecule has 2 amide bonds. The fraction of sp³-hybridized carbons (Fsp3) is 0.333. The molecule has 0 unspecified atom stereocenters. The predicted octanol–water partition coefficient (Wildman–Crippen LogP) is 3.24. The van der Waals surface area contributed by atoms with E-state index >= 15 is 0 Å². The van der Waals surface area contributed by atoms with E-state index in [-0.39, 0.29) is 24.6 Å². The number of benzene rings is 1. The van der Waals surface area contributed by atoms with Gasteiger partial charge in [-0.2, -0.15) is 0 Å². The molecule has 1 aromatic carbocycles. The van der Waals surface area contributed by atoms with Gasteiger partial charge >= 0.3 is 6.03 Å². The monoisotopic (exact) mass is 339 g/mol. The highest BCUT2D eigenvalue weighted by molar-refractivity contribution is 7.13. The first-order valence-corrected chi connectivity index (χ1v) is 8.07. The van der Waals surface area contributed by atoms with Gasteiger partial charge in [0.15, 0.2) is 5.13 Å². The van der Waals surface area contributed by atoms with Gasteiger partial charge in [-0.15, -0.1) is 11.3 Å². The number of carbonyl (C=O) groups is 1. The van der Waals surface area contributed by atoms with E-state index < -0.39 is 0 Å². The smallest absolute Gasteiger partial charge is 0.321 e. The molecule has 0 radical (unpaired) electrons. The van der Waals surface area contributed by atoms with E-state index in [0.717, 1.165) is 11.3 Å². The van der Waals surface area contributed by atoms with Gasteiger partial charge in [-0.05, 0) is 17.7 Å². The topological polar surface area (TPSA) is 74.2 Å². The molecule has 7 heteroatoms. The summed E-state index contributed by atoms with van der Waals surface area (Å²) in [4.78, 5) is 16.0. The van der Waals surface area contributed by atoms with Crippen molar-refractivity contribution in [2.24, 2.45) is 0 Å². The number of urea groups is 1. The molecule has 1 aromatic heterocycles. The van der Waals surface area contributed by atoms with Crippen LogP contribution in [0.3, 0.4) is 0 Å². The summed E-state index contributed by atoms with van der Waals surface area (Å²) in [5.41, 5.74) is 1.68. The highest BCUT2D eigenvalue weighted by Crippen LogP contribution is 2.33. The number of hydrogen-bond acceptors (Lipinski definition) is 4. The molecular formula is C15H18ClN3O2S. The Morgan fingerprint density at radius 2 is 2.05 bits per heavy atom. The van der Waals surface area contributed by atoms with Gasteiger partial charge in [0.2, 0.25) is 0 Å². The predicted molar refractivity (Wildman–Crippen MR) is 89.8 cm³/mol. The lowest BCUT2D eigenvalue weighted by Gasteiger charge is -2.23. The van der Waals surface area contributed by atoms with Crippen LogP contribution in [0.2, 0.25) is 5.02 Å². The van der Waals surface area contributed by atoms with Gasteiger partial charge in [0.1, 0.15) is 0 Å². The molecule has 0 aliphatic heterocycles. The summed E-state index contributed by atoms with van der Waals surface area (Å²) in [6.07, 6.45) is 0. The number of hydrogen-bond donors (Lipinski definition) is 3. The molecule has 0 bridgehead atoms. The Balaban J connectivity index is 2.12. The summed E-state index contributed by atoms with van der Waals surface area (Å²) in [5, 5.41) is 17.0. The molecule has 1 heterocycles. The molecule has 22 heavy (non-hydrogen) atoms. The third-order valence-corrected chi connectivity index (χ3v) is 4.34. The molecule has 118 valence electrons. The first-order valence-electron chi connectivity index (χ1n) is 6.81. The van der Waals surface area contributed by atoms with Crippen LogP contribution in [0.25, 0.3) is 0 Å². The summed E-state index contributed by atoms with van der Waals surface area (Å²) >= 11 is 7.29. The maximum Gasteiger partial charge on any atom is 0.321 e. The van der Waals surface area contributed by atoms with Crippen molar-refractivity contribution < 1.29 is 9.90 Å². The third-order valence-electron chi connectivity index (χ3n) is 3.33. The zero-order chi connectivity index (χ0) is 16.2. The standard InChI is InChI=1S/C15H18ClN3O2S/c1-15(2,10-3-5-11(16)6-4-10)12-9-22-14(18-12)19-13(21)17-7-8-20/h3-6,9,20H,7-8H2,1-2H3,(H2,17,18,19,21). The quantitative estimate of drug-likeness (QED) is 0.783. The second-order valence-electron chi connectivity index (χ2n) is 5.27. The van der Waals surface area contributed by atoms with Crippen LogP contribution in [0.4, 0.5) is 9.93 Å². The lowest BCUT2D eigenvalue weighted by molar-refractivity contribution is 0.245.